The van der Waals surface area contributed by atoms with Crippen molar-refractivity contribution in [2.45, 2.75) is 40.0 Å². The van der Waals surface area contributed by atoms with Crippen molar-refractivity contribution in [1.82, 2.24) is 0 Å². The zero-order valence-electron chi connectivity index (χ0n) is 7.72. The van der Waals surface area contributed by atoms with Gasteiger partial charge in [0.25, 0.3) is 0 Å². The third kappa shape index (κ3) is 7.37. The molecule has 0 aliphatic rings. The Bertz CT molecular complexity index is 110. The molecule has 0 N–H and O–H groups in total. The van der Waals surface area contributed by atoms with E-state index in [4.69, 9.17) is 4.74 Å². The first-order valence-electron chi connectivity index (χ1n) is 4.30. The third-order valence-electron chi connectivity index (χ3n) is 1.70. The van der Waals surface area contributed by atoms with E-state index in [0.717, 1.165) is 6.42 Å². The van der Waals surface area contributed by atoms with Crippen LogP contribution >= 0.6 is 0 Å². The average molecular weight is 158 g/mol. The molecule has 2 heteroatoms. The first-order chi connectivity index (χ1) is 5.16. The smallest absolute Gasteiger partial charge is 0.302 e. The molecule has 0 saturated heterocycles. The Kier molecular flexibility index (Phi) is 5.90. The molecule has 0 amide bonds. The van der Waals surface area contributed by atoms with Gasteiger partial charge in [-0.1, -0.05) is 26.7 Å². The second-order valence-electron chi connectivity index (χ2n) is 3.02. The Labute approximate surface area is 68.9 Å². The van der Waals surface area contributed by atoms with E-state index in [1.807, 2.05) is 0 Å². The van der Waals surface area contributed by atoms with Crippen LogP contribution in [0.15, 0.2) is 0 Å². The van der Waals surface area contributed by atoms with E-state index < -0.39 is 0 Å². The zero-order valence-corrected chi connectivity index (χ0v) is 7.72. The second-order valence-corrected chi connectivity index (χ2v) is 3.02. The van der Waals surface area contributed by atoms with E-state index in [0.29, 0.717) is 12.5 Å². The van der Waals surface area contributed by atoms with Crippen LogP contribution in [0.5, 0.6) is 0 Å². The van der Waals surface area contributed by atoms with Crippen molar-refractivity contribution in [2.24, 2.45) is 5.92 Å². The van der Waals surface area contributed by atoms with Gasteiger partial charge in [0.15, 0.2) is 0 Å². The van der Waals surface area contributed by atoms with Crippen molar-refractivity contribution in [3.8, 4) is 0 Å². The molecule has 11 heavy (non-hydrogen) atoms. The van der Waals surface area contributed by atoms with Gasteiger partial charge in [-0.3, -0.25) is 4.79 Å². The average Bonchev–Trinajstić information content (AvgIpc) is 1.87. The maximum absolute atomic E-state index is 10.4. The summed E-state index contributed by atoms with van der Waals surface area (Å²) in [6, 6.07) is 0. The van der Waals surface area contributed by atoms with Crippen molar-refractivity contribution in [2.75, 3.05) is 6.61 Å². The Hall–Kier alpha value is -0.530. The van der Waals surface area contributed by atoms with Gasteiger partial charge in [0, 0.05) is 6.92 Å². The summed E-state index contributed by atoms with van der Waals surface area (Å²) < 4.78 is 4.82. The molecule has 0 radical (unpaired) electrons. The van der Waals surface area contributed by atoms with Crippen LogP contribution in [0.4, 0.5) is 0 Å². The fourth-order valence-electron chi connectivity index (χ4n) is 1.04. The van der Waals surface area contributed by atoms with Crippen molar-refractivity contribution in [3.05, 3.63) is 0 Å². The van der Waals surface area contributed by atoms with Gasteiger partial charge in [-0.05, 0) is 12.3 Å². The maximum atomic E-state index is 10.4. The van der Waals surface area contributed by atoms with Crippen LogP contribution in [0.25, 0.3) is 0 Å². The van der Waals surface area contributed by atoms with E-state index in [9.17, 15) is 4.79 Å². The molecule has 0 aliphatic carbocycles. The summed E-state index contributed by atoms with van der Waals surface area (Å²) in [5.41, 5.74) is 0. The third-order valence-corrected chi connectivity index (χ3v) is 1.70. The van der Waals surface area contributed by atoms with Crippen LogP contribution < -0.4 is 0 Å². The Morgan fingerprint density at radius 2 is 2.09 bits per heavy atom. The number of esters is 1. The Morgan fingerprint density at radius 3 is 2.55 bits per heavy atom. The topological polar surface area (TPSA) is 26.3 Å². The predicted octanol–water partition coefficient (Wildman–Crippen LogP) is 2.38. The second kappa shape index (κ2) is 6.20. The number of hydrogen-bond acceptors (Lipinski definition) is 2. The highest BCUT2D eigenvalue weighted by molar-refractivity contribution is 5.65. The van der Waals surface area contributed by atoms with Gasteiger partial charge in [0.05, 0.1) is 6.61 Å². The minimum absolute atomic E-state index is 0.173. The summed E-state index contributed by atoms with van der Waals surface area (Å²) in [4.78, 5) is 10.4. The van der Waals surface area contributed by atoms with Gasteiger partial charge in [0.1, 0.15) is 0 Å². The van der Waals surface area contributed by atoms with E-state index in [1.165, 1.54) is 19.8 Å². The van der Waals surface area contributed by atoms with Crippen molar-refractivity contribution < 1.29 is 9.53 Å². The molecule has 0 bridgehead atoms. The fourth-order valence-corrected chi connectivity index (χ4v) is 1.04. The number of carbonyl (C=O) groups is 1. The molecule has 1 atom stereocenters. The molecule has 2 nitrogen and oxygen atoms in total. The van der Waals surface area contributed by atoms with Gasteiger partial charge in [-0.25, -0.2) is 0 Å². The van der Waals surface area contributed by atoms with Crippen LogP contribution in [-0.2, 0) is 9.53 Å². The molecule has 0 aliphatic heterocycles. The minimum atomic E-state index is -0.173. The summed E-state index contributed by atoms with van der Waals surface area (Å²) in [6.07, 6.45) is 3.43. The van der Waals surface area contributed by atoms with Gasteiger partial charge in [-0.15, -0.1) is 0 Å². The zero-order chi connectivity index (χ0) is 8.69. The highest BCUT2D eigenvalue weighted by Gasteiger charge is 2.00. The summed E-state index contributed by atoms with van der Waals surface area (Å²) in [5.74, 6) is 0.507. The van der Waals surface area contributed by atoms with E-state index >= 15 is 0 Å². The highest BCUT2D eigenvalue weighted by Crippen LogP contribution is 2.09. The van der Waals surface area contributed by atoms with E-state index in [-0.39, 0.29) is 5.97 Å². The lowest BCUT2D eigenvalue weighted by Crippen LogP contribution is -2.04. The minimum Gasteiger partial charge on any atom is -0.466 e. The first kappa shape index (κ1) is 10.5. The molecule has 0 spiro atoms. The molecule has 0 aromatic rings. The van der Waals surface area contributed by atoms with Crippen LogP contribution in [0.3, 0.4) is 0 Å². The number of hydrogen-bond donors (Lipinski definition) is 0. The summed E-state index contributed by atoms with van der Waals surface area (Å²) in [6.45, 7) is 6.39. The maximum Gasteiger partial charge on any atom is 0.302 e. The lowest BCUT2D eigenvalue weighted by atomic mass is 10.0. The van der Waals surface area contributed by atoms with E-state index in [2.05, 4.69) is 13.8 Å². The quantitative estimate of drug-likeness (QED) is 0.574. The first-order valence-corrected chi connectivity index (χ1v) is 4.30. The molecular formula is C9H18O2. The monoisotopic (exact) mass is 158 g/mol. The van der Waals surface area contributed by atoms with Gasteiger partial charge in [0.2, 0.25) is 0 Å². The van der Waals surface area contributed by atoms with Crippen LogP contribution in [0, 0.1) is 5.92 Å². The molecule has 0 saturated carbocycles. The van der Waals surface area contributed by atoms with Crippen molar-refractivity contribution in [1.29, 1.82) is 0 Å². The van der Waals surface area contributed by atoms with Crippen molar-refractivity contribution in [3.63, 3.8) is 0 Å². The van der Waals surface area contributed by atoms with Crippen LogP contribution in [-0.4, -0.2) is 12.6 Å². The standard InChI is InChI=1S/C9H18O2/c1-4-5-8(2)6-7-11-9(3)10/h8H,4-7H2,1-3H3. The Morgan fingerprint density at radius 1 is 1.45 bits per heavy atom. The molecular weight excluding hydrogens is 140 g/mol. The van der Waals surface area contributed by atoms with Crippen molar-refractivity contribution >= 4 is 5.97 Å². The molecule has 0 fully saturated rings. The molecule has 0 rings (SSSR count). The lowest BCUT2D eigenvalue weighted by molar-refractivity contribution is -0.141. The summed E-state index contributed by atoms with van der Waals surface area (Å²) in [7, 11) is 0. The van der Waals surface area contributed by atoms with Gasteiger partial charge < -0.3 is 4.74 Å². The SMILES string of the molecule is CCCC(C)CCOC(C)=O. The molecule has 0 heterocycles. The normalized spacial score (nSPS) is 12.6. The lowest BCUT2D eigenvalue weighted by Gasteiger charge is -2.08. The molecule has 66 valence electrons. The molecule has 0 aromatic heterocycles. The van der Waals surface area contributed by atoms with Gasteiger partial charge in [-0.2, -0.15) is 0 Å². The number of rotatable bonds is 5. The van der Waals surface area contributed by atoms with Crippen LogP contribution in [0.2, 0.25) is 0 Å². The van der Waals surface area contributed by atoms with E-state index in [1.54, 1.807) is 0 Å². The van der Waals surface area contributed by atoms with Gasteiger partial charge >= 0.3 is 5.97 Å². The number of ether oxygens (including phenoxy) is 1. The molecule has 1 unspecified atom stereocenters. The molecule has 0 aromatic carbocycles. The number of carbonyl (C=O) groups excluding carboxylic acids is 1. The highest BCUT2D eigenvalue weighted by atomic mass is 16.5. The largest absolute Gasteiger partial charge is 0.466 e. The fraction of sp³-hybridized carbons (Fsp3) is 0.889. The van der Waals surface area contributed by atoms with Crippen LogP contribution in [0.1, 0.15) is 40.0 Å². The summed E-state index contributed by atoms with van der Waals surface area (Å²) >= 11 is 0. The Balaban J connectivity index is 3.16. The summed E-state index contributed by atoms with van der Waals surface area (Å²) in [5, 5.41) is 0. The predicted molar refractivity (Wildman–Crippen MR) is 45.3 cm³/mol.